The molecule has 0 aliphatic heterocycles. The van der Waals surface area contributed by atoms with Crippen LogP contribution in [0.3, 0.4) is 0 Å². The summed E-state index contributed by atoms with van der Waals surface area (Å²) < 4.78 is 0. The Balaban J connectivity index is 2.09. The van der Waals surface area contributed by atoms with E-state index in [0.717, 1.165) is 16.6 Å². The molecule has 1 aromatic carbocycles. The number of benzene rings is 1. The monoisotopic (exact) mass is 232 g/mol. The Hall–Kier alpha value is -1.49. The van der Waals surface area contributed by atoms with Crippen molar-refractivity contribution in [3.05, 3.63) is 42.1 Å². The molecule has 4 heteroatoms. The Labute approximate surface area is 99.9 Å². The van der Waals surface area contributed by atoms with Crippen LogP contribution < -0.4 is 5.32 Å². The second kappa shape index (κ2) is 5.72. The predicted octanol–water partition coefficient (Wildman–Crippen LogP) is 0.678. The highest BCUT2D eigenvalue weighted by atomic mass is 16.3. The van der Waals surface area contributed by atoms with E-state index >= 15 is 0 Å². The highest BCUT2D eigenvalue weighted by molar-refractivity contribution is 5.78. The number of hydrogen-bond donors (Lipinski definition) is 3. The van der Waals surface area contributed by atoms with Crippen LogP contribution in [0.4, 0.5) is 0 Å². The first-order valence-corrected chi connectivity index (χ1v) is 5.63. The maximum absolute atomic E-state index is 8.93. The zero-order chi connectivity index (χ0) is 12.1. The van der Waals surface area contributed by atoms with Crippen molar-refractivity contribution in [2.24, 2.45) is 0 Å². The summed E-state index contributed by atoms with van der Waals surface area (Å²) in [6, 6.07) is 11.6. The number of fused-ring (bicyclic) bond motifs is 1. The minimum atomic E-state index is -0.289. The highest BCUT2D eigenvalue weighted by Gasteiger charge is 2.05. The third kappa shape index (κ3) is 3.00. The van der Waals surface area contributed by atoms with Gasteiger partial charge in [0.05, 0.1) is 30.5 Å². The Morgan fingerprint density at radius 3 is 2.59 bits per heavy atom. The van der Waals surface area contributed by atoms with Crippen LogP contribution in [-0.4, -0.2) is 34.5 Å². The molecule has 2 rings (SSSR count). The molecule has 1 heterocycles. The van der Waals surface area contributed by atoms with Gasteiger partial charge >= 0.3 is 0 Å². The van der Waals surface area contributed by atoms with E-state index in [-0.39, 0.29) is 19.3 Å². The molecule has 0 aliphatic carbocycles. The van der Waals surface area contributed by atoms with Crippen LogP contribution >= 0.6 is 0 Å². The first-order valence-electron chi connectivity index (χ1n) is 5.63. The maximum atomic E-state index is 8.93. The number of nitrogens with zero attached hydrogens (tertiary/aromatic N) is 1. The average molecular weight is 232 g/mol. The van der Waals surface area contributed by atoms with Crippen LogP contribution in [0.15, 0.2) is 36.4 Å². The first-order chi connectivity index (χ1) is 8.33. The lowest BCUT2D eigenvalue weighted by molar-refractivity contribution is 0.170. The van der Waals surface area contributed by atoms with Crippen molar-refractivity contribution in [1.82, 2.24) is 10.3 Å². The van der Waals surface area contributed by atoms with Crippen LogP contribution in [0.25, 0.3) is 10.9 Å². The number of hydrogen-bond acceptors (Lipinski definition) is 4. The molecule has 3 N–H and O–H groups in total. The Bertz CT molecular complexity index is 484. The number of nitrogens with one attached hydrogen (secondary N) is 1. The fourth-order valence-electron chi connectivity index (χ4n) is 1.64. The van der Waals surface area contributed by atoms with Gasteiger partial charge in [0.25, 0.3) is 0 Å². The Kier molecular flexibility index (Phi) is 4.03. The zero-order valence-corrected chi connectivity index (χ0v) is 9.50. The van der Waals surface area contributed by atoms with Gasteiger partial charge in [-0.1, -0.05) is 24.3 Å². The Morgan fingerprint density at radius 1 is 1.06 bits per heavy atom. The van der Waals surface area contributed by atoms with Gasteiger partial charge in [-0.15, -0.1) is 0 Å². The number of para-hydroxylation sites is 1. The van der Waals surface area contributed by atoms with Crippen molar-refractivity contribution < 1.29 is 10.2 Å². The SMILES string of the molecule is OCC(CO)NCc1ccc2ccccc2n1. The van der Waals surface area contributed by atoms with Crippen molar-refractivity contribution in [2.45, 2.75) is 12.6 Å². The topological polar surface area (TPSA) is 65.4 Å². The van der Waals surface area contributed by atoms with Crippen LogP contribution in [0, 0.1) is 0 Å². The molecule has 0 saturated heterocycles. The second-order valence-corrected chi connectivity index (χ2v) is 3.94. The summed E-state index contributed by atoms with van der Waals surface area (Å²) in [6.07, 6.45) is 0. The molecule has 1 aromatic heterocycles. The molecule has 0 bridgehead atoms. The van der Waals surface area contributed by atoms with Gasteiger partial charge in [0.2, 0.25) is 0 Å². The molecule has 0 fully saturated rings. The molecule has 0 aliphatic rings. The van der Waals surface area contributed by atoms with Gasteiger partial charge in [0, 0.05) is 11.9 Å². The van der Waals surface area contributed by atoms with Gasteiger partial charge in [-0.05, 0) is 12.1 Å². The standard InChI is InChI=1S/C13H16N2O2/c16-8-12(9-17)14-7-11-6-5-10-3-1-2-4-13(10)15-11/h1-6,12,14,16-17H,7-9H2. The third-order valence-corrected chi connectivity index (χ3v) is 2.67. The molecule has 90 valence electrons. The van der Waals surface area contributed by atoms with Crippen LogP contribution in [0.1, 0.15) is 5.69 Å². The minimum absolute atomic E-state index is 0.0793. The number of pyridine rings is 1. The number of rotatable bonds is 5. The van der Waals surface area contributed by atoms with Gasteiger partial charge in [-0.3, -0.25) is 4.98 Å². The normalized spacial score (nSPS) is 11.2. The van der Waals surface area contributed by atoms with E-state index in [0.29, 0.717) is 6.54 Å². The summed E-state index contributed by atoms with van der Waals surface area (Å²) in [7, 11) is 0. The average Bonchev–Trinajstić information content (AvgIpc) is 2.40. The molecule has 0 spiro atoms. The lowest BCUT2D eigenvalue weighted by Gasteiger charge is -2.12. The highest BCUT2D eigenvalue weighted by Crippen LogP contribution is 2.11. The fraction of sp³-hybridized carbons (Fsp3) is 0.308. The molecular formula is C13H16N2O2. The third-order valence-electron chi connectivity index (χ3n) is 2.67. The summed E-state index contributed by atoms with van der Waals surface area (Å²) in [5, 5.41) is 22.0. The number of aliphatic hydroxyl groups excluding tert-OH is 2. The van der Waals surface area contributed by atoms with Gasteiger partial charge < -0.3 is 15.5 Å². The molecule has 17 heavy (non-hydrogen) atoms. The Morgan fingerprint density at radius 2 is 1.82 bits per heavy atom. The van der Waals surface area contributed by atoms with Crippen molar-refractivity contribution in [2.75, 3.05) is 13.2 Å². The van der Waals surface area contributed by atoms with E-state index < -0.39 is 0 Å². The number of aliphatic hydroxyl groups is 2. The molecular weight excluding hydrogens is 216 g/mol. The van der Waals surface area contributed by atoms with Crippen molar-refractivity contribution in [3.8, 4) is 0 Å². The molecule has 0 amide bonds. The van der Waals surface area contributed by atoms with E-state index in [1.54, 1.807) is 0 Å². The largest absolute Gasteiger partial charge is 0.395 e. The summed E-state index contributed by atoms with van der Waals surface area (Å²) in [5.74, 6) is 0. The molecule has 0 saturated carbocycles. The summed E-state index contributed by atoms with van der Waals surface area (Å²) in [5.41, 5.74) is 1.85. The minimum Gasteiger partial charge on any atom is -0.395 e. The number of aromatic nitrogens is 1. The van der Waals surface area contributed by atoms with E-state index in [4.69, 9.17) is 10.2 Å². The predicted molar refractivity (Wildman–Crippen MR) is 66.5 cm³/mol. The molecule has 0 atom stereocenters. The maximum Gasteiger partial charge on any atom is 0.0705 e. The second-order valence-electron chi connectivity index (χ2n) is 3.94. The zero-order valence-electron chi connectivity index (χ0n) is 9.50. The van der Waals surface area contributed by atoms with Gasteiger partial charge in [-0.2, -0.15) is 0 Å². The molecule has 0 radical (unpaired) electrons. The molecule has 2 aromatic rings. The van der Waals surface area contributed by atoms with Crippen LogP contribution in [-0.2, 0) is 6.54 Å². The summed E-state index contributed by atoms with van der Waals surface area (Å²) >= 11 is 0. The first kappa shape index (κ1) is 12.0. The summed E-state index contributed by atoms with van der Waals surface area (Å²) in [4.78, 5) is 4.49. The van der Waals surface area contributed by atoms with E-state index in [9.17, 15) is 0 Å². The van der Waals surface area contributed by atoms with Crippen molar-refractivity contribution >= 4 is 10.9 Å². The van der Waals surface area contributed by atoms with Gasteiger partial charge in [0.15, 0.2) is 0 Å². The van der Waals surface area contributed by atoms with Crippen molar-refractivity contribution in [1.29, 1.82) is 0 Å². The fourth-order valence-corrected chi connectivity index (χ4v) is 1.64. The van der Waals surface area contributed by atoms with E-state index in [1.165, 1.54) is 0 Å². The van der Waals surface area contributed by atoms with Crippen LogP contribution in [0.2, 0.25) is 0 Å². The quantitative estimate of drug-likeness (QED) is 0.709. The molecule has 4 nitrogen and oxygen atoms in total. The lowest BCUT2D eigenvalue weighted by Crippen LogP contribution is -2.35. The van der Waals surface area contributed by atoms with E-state index in [1.807, 2.05) is 36.4 Å². The summed E-state index contributed by atoms with van der Waals surface area (Å²) in [6.45, 7) is 0.380. The van der Waals surface area contributed by atoms with Crippen molar-refractivity contribution in [3.63, 3.8) is 0 Å². The smallest absolute Gasteiger partial charge is 0.0705 e. The van der Waals surface area contributed by atoms with Gasteiger partial charge in [0.1, 0.15) is 0 Å². The van der Waals surface area contributed by atoms with E-state index in [2.05, 4.69) is 10.3 Å². The van der Waals surface area contributed by atoms with Gasteiger partial charge in [-0.25, -0.2) is 0 Å². The lowest BCUT2D eigenvalue weighted by atomic mass is 10.2. The molecule has 0 unspecified atom stereocenters. The van der Waals surface area contributed by atoms with Crippen LogP contribution in [0.5, 0.6) is 0 Å².